The van der Waals surface area contributed by atoms with Crippen LogP contribution in [-0.4, -0.2) is 15.9 Å². The van der Waals surface area contributed by atoms with Crippen molar-refractivity contribution < 1.29 is 4.79 Å². The number of rotatable bonds is 6. The van der Waals surface area contributed by atoms with Crippen LogP contribution in [0.4, 0.5) is 0 Å². The first kappa shape index (κ1) is 17.9. The van der Waals surface area contributed by atoms with Gasteiger partial charge in [-0.1, -0.05) is 40.2 Å². The summed E-state index contributed by atoms with van der Waals surface area (Å²) >= 11 is 3.44. The Morgan fingerprint density at radius 2 is 1.89 bits per heavy atom. The summed E-state index contributed by atoms with van der Waals surface area (Å²) in [5, 5.41) is 3.77. The third-order valence-electron chi connectivity index (χ3n) is 5.00. The quantitative estimate of drug-likeness (QED) is 0.630. The summed E-state index contributed by atoms with van der Waals surface area (Å²) in [6, 6.07) is 15.4. The highest BCUT2D eigenvalue weighted by Gasteiger charge is 2.45. The topological polar surface area (TPSA) is 74.8 Å². The molecule has 0 aliphatic heterocycles. The second kappa shape index (κ2) is 7.27. The Morgan fingerprint density at radius 1 is 1.15 bits per heavy atom. The largest absolute Gasteiger partial charge is 0.347 e. The van der Waals surface area contributed by atoms with Crippen LogP contribution in [0.3, 0.4) is 0 Å². The van der Waals surface area contributed by atoms with Crippen molar-refractivity contribution in [1.29, 1.82) is 0 Å². The zero-order valence-corrected chi connectivity index (χ0v) is 16.4. The van der Waals surface area contributed by atoms with E-state index in [1.54, 1.807) is 6.07 Å². The zero-order chi connectivity index (χ0) is 18.9. The van der Waals surface area contributed by atoms with Gasteiger partial charge in [0.1, 0.15) is 5.82 Å². The van der Waals surface area contributed by atoms with Crippen molar-refractivity contribution in [3.63, 3.8) is 0 Å². The van der Waals surface area contributed by atoms with Crippen LogP contribution in [0.2, 0.25) is 0 Å². The molecule has 0 bridgehead atoms. The van der Waals surface area contributed by atoms with Crippen molar-refractivity contribution in [1.82, 2.24) is 15.3 Å². The fourth-order valence-electron chi connectivity index (χ4n) is 3.38. The van der Waals surface area contributed by atoms with Crippen LogP contribution >= 0.6 is 15.9 Å². The molecule has 4 rings (SSSR count). The molecule has 5 nitrogen and oxygen atoms in total. The number of benzene rings is 2. The van der Waals surface area contributed by atoms with Crippen LogP contribution in [0.1, 0.15) is 37.1 Å². The first-order chi connectivity index (χ1) is 13.1. The Bertz CT molecular complexity index is 1040. The standard InChI is InChI=1S/C21H20BrN3O2/c22-15-10-8-14(9-11-15)21(12-13-21)25-19(26)7-3-6-18-23-17-5-2-1-4-16(17)20(27)24-18/h1-2,4-5,8-11H,3,6-7,12-13H2,(H,25,26)(H,23,24,27). The van der Waals surface area contributed by atoms with E-state index in [1.807, 2.05) is 30.3 Å². The smallest absolute Gasteiger partial charge is 0.258 e. The van der Waals surface area contributed by atoms with Crippen molar-refractivity contribution >= 4 is 32.7 Å². The van der Waals surface area contributed by atoms with Gasteiger partial charge in [-0.05, 0) is 49.1 Å². The number of H-pyrrole nitrogens is 1. The third-order valence-corrected chi connectivity index (χ3v) is 5.53. The molecule has 1 amide bonds. The number of para-hydroxylation sites is 1. The lowest BCUT2D eigenvalue weighted by molar-refractivity contribution is -0.122. The Morgan fingerprint density at radius 3 is 2.63 bits per heavy atom. The second-order valence-corrected chi connectivity index (χ2v) is 7.94. The van der Waals surface area contributed by atoms with E-state index in [4.69, 9.17) is 0 Å². The normalized spacial score (nSPS) is 14.9. The first-order valence-corrected chi connectivity index (χ1v) is 9.90. The van der Waals surface area contributed by atoms with E-state index in [1.165, 1.54) is 0 Å². The molecule has 0 unspecified atom stereocenters. The number of nitrogens with zero attached hydrogens (tertiary/aromatic N) is 1. The van der Waals surface area contributed by atoms with Gasteiger partial charge in [-0.15, -0.1) is 0 Å². The van der Waals surface area contributed by atoms with Crippen molar-refractivity contribution in [2.24, 2.45) is 0 Å². The van der Waals surface area contributed by atoms with Crippen molar-refractivity contribution in [3.05, 3.63) is 74.7 Å². The minimum atomic E-state index is -0.201. The molecular weight excluding hydrogens is 406 g/mol. The number of hydrogen-bond acceptors (Lipinski definition) is 3. The number of hydrogen-bond donors (Lipinski definition) is 2. The number of aryl methyl sites for hydroxylation is 1. The summed E-state index contributed by atoms with van der Waals surface area (Å²) in [6.45, 7) is 0. The molecule has 2 N–H and O–H groups in total. The molecule has 1 aliphatic carbocycles. The Labute approximate surface area is 165 Å². The fourth-order valence-corrected chi connectivity index (χ4v) is 3.64. The van der Waals surface area contributed by atoms with Crippen LogP contribution in [-0.2, 0) is 16.8 Å². The summed E-state index contributed by atoms with van der Waals surface area (Å²) in [7, 11) is 0. The number of aromatic nitrogens is 2. The van der Waals surface area contributed by atoms with E-state index < -0.39 is 0 Å². The lowest BCUT2D eigenvalue weighted by Gasteiger charge is -2.18. The number of nitrogens with one attached hydrogen (secondary N) is 2. The van der Waals surface area contributed by atoms with Gasteiger partial charge >= 0.3 is 0 Å². The van der Waals surface area contributed by atoms with Gasteiger partial charge in [0.15, 0.2) is 0 Å². The Balaban J connectivity index is 1.35. The molecular formula is C21H20BrN3O2. The van der Waals surface area contributed by atoms with Gasteiger partial charge in [0, 0.05) is 17.3 Å². The van der Waals surface area contributed by atoms with E-state index in [0.29, 0.717) is 36.0 Å². The minimum Gasteiger partial charge on any atom is -0.347 e. The van der Waals surface area contributed by atoms with Crippen molar-refractivity contribution in [2.75, 3.05) is 0 Å². The number of carbonyl (C=O) groups is 1. The molecule has 0 spiro atoms. The van der Waals surface area contributed by atoms with Gasteiger partial charge in [0.2, 0.25) is 5.91 Å². The van der Waals surface area contributed by atoms with Gasteiger partial charge < -0.3 is 10.3 Å². The van der Waals surface area contributed by atoms with Crippen LogP contribution in [0.15, 0.2) is 57.8 Å². The van der Waals surface area contributed by atoms with Gasteiger partial charge in [-0.25, -0.2) is 4.98 Å². The molecule has 2 aromatic carbocycles. The van der Waals surface area contributed by atoms with Gasteiger partial charge in [0.25, 0.3) is 5.56 Å². The maximum Gasteiger partial charge on any atom is 0.258 e. The maximum atomic E-state index is 12.4. The van der Waals surface area contributed by atoms with E-state index in [2.05, 4.69) is 43.3 Å². The van der Waals surface area contributed by atoms with E-state index in [9.17, 15) is 9.59 Å². The predicted octanol–water partition coefficient (Wildman–Crippen LogP) is 3.81. The summed E-state index contributed by atoms with van der Waals surface area (Å²) in [5.41, 5.74) is 1.51. The fraction of sp³-hybridized carbons (Fsp3) is 0.286. The first-order valence-electron chi connectivity index (χ1n) is 9.11. The lowest BCUT2D eigenvalue weighted by Crippen LogP contribution is -2.34. The molecule has 0 saturated heterocycles. The molecule has 27 heavy (non-hydrogen) atoms. The summed E-state index contributed by atoms with van der Waals surface area (Å²) in [4.78, 5) is 31.8. The van der Waals surface area contributed by atoms with Crippen LogP contribution in [0.25, 0.3) is 10.9 Å². The molecule has 1 aliphatic rings. The molecule has 0 radical (unpaired) electrons. The molecule has 1 fully saturated rings. The Hall–Kier alpha value is -2.47. The molecule has 1 saturated carbocycles. The molecule has 3 aromatic rings. The lowest BCUT2D eigenvalue weighted by atomic mass is 10.0. The van der Waals surface area contributed by atoms with Crippen LogP contribution in [0, 0.1) is 0 Å². The SMILES string of the molecule is O=C(CCCc1nc2ccccc2c(=O)[nH]1)NC1(c2ccc(Br)cc2)CC1. The molecule has 0 atom stereocenters. The highest BCUT2D eigenvalue weighted by Crippen LogP contribution is 2.45. The van der Waals surface area contributed by atoms with E-state index >= 15 is 0 Å². The number of carbonyl (C=O) groups excluding carboxylic acids is 1. The molecule has 1 aromatic heterocycles. The summed E-state index contributed by atoms with van der Waals surface area (Å²) in [5.74, 6) is 0.666. The third kappa shape index (κ3) is 3.95. The average Bonchev–Trinajstić information content (AvgIpc) is 3.43. The number of fused-ring (bicyclic) bond motifs is 1. The zero-order valence-electron chi connectivity index (χ0n) is 14.8. The highest BCUT2D eigenvalue weighted by atomic mass is 79.9. The minimum absolute atomic E-state index is 0.0403. The van der Waals surface area contributed by atoms with Crippen molar-refractivity contribution in [3.8, 4) is 0 Å². The monoisotopic (exact) mass is 425 g/mol. The predicted molar refractivity (Wildman–Crippen MR) is 108 cm³/mol. The van der Waals surface area contributed by atoms with E-state index in [0.717, 1.165) is 22.9 Å². The van der Waals surface area contributed by atoms with Gasteiger partial charge in [-0.2, -0.15) is 0 Å². The summed E-state index contributed by atoms with van der Waals surface area (Å²) in [6.07, 6.45) is 3.57. The second-order valence-electron chi connectivity index (χ2n) is 7.02. The summed E-state index contributed by atoms with van der Waals surface area (Å²) < 4.78 is 1.03. The number of aromatic amines is 1. The average molecular weight is 426 g/mol. The maximum absolute atomic E-state index is 12.4. The van der Waals surface area contributed by atoms with Crippen LogP contribution < -0.4 is 10.9 Å². The van der Waals surface area contributed by atoms with Crippen molar-refractivity contribution in [2.45, 2.75) is 37.6 Å². The molecule has 6 heteroatoms. The molecule has 1 heterocycles. The van der Waals surface area contributed by atoms with Gasteiger partial charge in [0.05, 0.1) is 16.4 Å². The van der Waals surface area contributed by atoms with E-state index in [-0.39, 0.29) is 17.0 Å². The number of halogens is 1. The van der Waals surface area contributed by atoms with Gasteiger partial charge in [-0.3, -0.25) is 9.59 Å². The number of amides is 1. The Kier molecular flexibility index (Phi) is 4.83. The van der Waals surface area contributed by atoms with Crippen LogP contribution in [0.5, 0.6) is 0 Å². The molecule has 138 valence electrons. The highest BCUT2D eigenvalue weighted by molar-refractivity contribution is 9.10.